The van der Waals surface area contributed by atoms with Crippen molar-refractivity contribution in [3.05, 3.63) is 29.8 Å². The first kappa shape index (κ1) is 11.6. The van der Waals surface area contributed by atoms with Gasteiger partial charge in [0.25, 0.3) is 10.1 Å². The second-order valence-electron chi connectivity index (χ2n) is 2.29. The molecule has 67 valence electrons. The van der Waals surface area contributed by atoms with Crippen molar-refractivity contribution in [1.29, 1.82) is 0 Å². The molecule has 0 spiro atoms. The van der Waals surface area contributed by atoms with Gasteiger partial charge in [-0.3, -0.25) is 4.55 Å². The zero-order chi connectivity index (χ0) is 8.48. The molecule has 0 aliphatic rings. The number of benzene rings is 1. The van der Waals surface area contributed by atoms with Crippen molar-refractivity contribution in [2.45, 2.75) is 11.8 Å². The van der Waals surface area contributed by atoms with Gasteiger partial charge in [0, 0.05) is 17.1 Å². The molecule has 3 nitrogen and oxygen atoms in total. The molecule has 5 heteroatoms. The van der Waals surface area contributed by atoms with E-state index in [1.807, 2.05) is 0 Å². The van der Waals surface area contributed by atoms with Gasteiger partial charge in [0.2, 0.25) is 0 Å². The van der Waals surface area contributed by atoms with Crippen molar-refractivity contribution >= 4 is 10.1 Å². The van der Waals surface area contributed by atoms with Crippen LogP contribution in [0.2, 0.25) is 0 Å². The van der Waals surface area contributed by atoms with Crippen molar-refractivity contribution in [2.75, 3.05) is 0 Å². The van der Waals surface area contributed by atoms with Gasteiger partial charge in [-0.15, -0.1) is 0 Å². The Bertz CT molecular complexity index is 359. The van der Waals surface area contributed by atoms with Gasteiger partial charge in [0.05, 0.1) is 4.90 Å². The van der Waals surface area contributed by atoms with Gasteiger partial charge in [-0.1, -0.05) is 12.1 Å². The molecule has 1 radical (unpaired) electrons. The van der Waals surface area contributed by atoms with Gasteiger partial charge < -0.3 is 0 Å². The van der Waals surface area contributed by atoms with Crippen LogP contribution >= 0.6 is 0 Å². The minimum Gasteiger partial charge on any atom is -0.282 e. The maximum absolute atomic E-state index is 10.5. The van der Waals surface area contributed by atoms with Crippen molar-refractivity contribution in [1.82, 2.24) is 0 Å². The van der Waals surface area contributed by atoms with Crippen LogP contribution in [0.25, 0.3) is 0 Å². The minimum atomic E-state index is -4.03. The van der Waals surface area contributed by atoms with E-state index in [1.165, 1.54) is 12.1 Å². The van der Waals surface area contributed by atoms with Crippen LogP contribution in [0.15, 0.2) is 29.2 Å². The van der Waals surface area contributed by atoms with E-state index in [-0.39, 0.29) is 22.0 Å². The van der Waals surface area contributed by atoms with Gasteiger partial charge >= 0.3 is 0 Å². The second-order valence-corrected chi connectivity index (χ2v) is 3.71. The van der Waals surface area contributed by atoms with Crippen molar-refractivity contribution in [2.24, 2.45) is 0 Å². The predicted octanol–water partition coefficient (Wildman–Crippen LogP) is 1.24. The van der Waals surface area contributed by atoms with Crippen LogP contribution in [0.4, 0.5) is 0 Å². The van der Waals surface area contributed by atoms with Crippen molar-refractivity contribution in [3.8, 4) is 0 Å². The SMILES string of the molecule is Cc1cccc(S(=O)(=O)O)c1.[Mn]. The molecule has 0 amide bonds. The van der Waals surface area contributed by atoms with E-state index < -0.39 is 10.1 Å². The summed E-state index contributed by atoms with van der Waals surface area (Å²) in [6, 6.07) is 6.10. The maximum atomic E-state index is 10.5. The zero-order valence-electron chi connectivity index (χ0n) is 6.36. The van der Waals surface area contributed by atoms with E-state index in [2.05, 4.69) is 0 Å². The largest absolute Gasteiger partial charge is 0.294 e. The van der Waals surface area contributed by atoms with E-state index in [1.54, 1.807) is 19.1 Å². The Morgan fingerprint density at radius 2 is 1.92 bits per heavy atom. The van der Waals surface area contributed by atoms with E-state index in [9.17, 15) is 8.42 Å². The van der Waals surface area contributed by atoms with Gasteiger partial charge in [0.1, 0.15) is 0 Å². The Hall–Kier alpha value is -0.351. The fourth-order valence-corrected chi connectivity index (χ4v) is 1.36. The fraction of sp³-hybridized carbons (Fsp3) is 0.143. The van der Waals surface area contributed by atoms with Crippen LogP contribution in [-0.4, -0.2) is 13.0 Å². The fourth-order valence-electron chi connectivity index (χ4n) is 0.776. The predicted molar refractivity (Wildman–Crippen MR) is 41.0 cm³/mol. The molecule has 0 unspecified atom stereocenters. The third-order valence-corrected chi connectivity index (χ3v) is 2.14. The summed E-state index contributed by atoms with van der Waals surface area (Å²) in [6.45, 7) is 1.76. The molecule has 0 aliphatic heterocycles. The maximum Gasteiger partial charge on any atom is 0.294 e. The molecular weight excluding hydrogens is 219 g/mol. The smallest absolute Gasteiger partial charge is 0.282 e. The Labute approximate surface area is 82.0 Å². The molecule has 0 aliphatic carbocycles. The van der Waals surface area contributed by atoms with Gasteiger partial charge in [0.15, 0.2) is 0 Å². The topological polar surface area (TPSA) is 54.4 Å². The number of hydrogen-bond acceptors (Lipinski definition) is 2. The first-order valence-electron chi connectivity index (χ1n) is 3.04. The Kier molecular flexibility index (Phi) is 3.93. The molecule has 0 saturated heterocycles. The summed E-state index contributed by atoms with van der Waals surface area (Å²) in [6.07, 6.45) is 0. The summed E-state index contributed by atoms with van der Waals surface area (Å²) in [7, 11) is -4.03. The molecule has 1 N–H and O–H groups in total. The summed E-state index contributed by atoms with van der Waals surface area (Å²) in [5, 5.41) is 0. The standard InChI is InChI=1S/C7H8O3S.Mn/c1-6-3-2-4-7(5-6)11(8,9)10;/h2-5H,1H3,(H,8,9,10);. The summed E-state index contributed by atoms with van der Waals surface area (Å²) >= 11 is 0. The quantitative estimate of drug-likeness (QED) is 0.580. The third-order valence-electron chi connectivity index (χ3n) is 1.29. The molecule has 0 fully saturated rings. The molecule has 0 aromatic heterocycles. The monoisotopic (exact) mass is 227 g/mol. The summed E-state index contributed by atoms with van der Waals surface area (Å²) in [5.74, 6) is 0. The van der Waals surface area contributed by atoms with Crippen LogP contribution in [0.3, 0.4) is 0 Å². The van der Waals surface area contributed by atoms with Crippen LogP contribution in [0, 0.1) is 6.92 Å². The van der Waals surface area contributed by atoms with Crippen LogP contribution < -0.4 is 0 Å². The van der Waals surface area contributed by atoms with Crippen LogP contribution in [0.1, 0.15) is 5.56 Å². The molecular formula is C7H8MnO3S. The molecule has 0 bridgehead atoms. The first-order chi connectivity index (χ1) is 5.00. The third kappa shape index (κ3) is 2.95. The molecule has 12 heavy (non-hydrogen) atoms. The van der Waals surface area contributed by atoms with Gasteiger partial charge in [-0.25, -0.2) is 0 Å². The Morgan fingerprint density at radius 3 is 2.25 bits per heavy atom. The Balaban J connectivity index is 0.00000121. The molecule has 1 aromatic rings. The normalized spacial score (nSPS) is 10.5. The summed E-state index contributed by atoms with van der Waals surface area (Å²) in [5.41, 5.74) is 0.806. The summed E-state index contributed by atoms with van der Waals surface area (Å²) in [4.78, 5) is -0.0579. The van der Waals surface area contributed by atoms with Gasteiger partial charge in [-0.05, 0) is 24.6 Å². The average Bonchev–Trinajstić information content (AvgIpc) is 1.86. The van der Waals surface area contributed by atoms with E-state index in [0.717, 1.165) is 5.56 Å². The Morgan fingerprint density at radius 1 is 1.33 bits per heavy atom. The molecule has 0 heterocycles. The molecule has 1 rings (SSSR count). The minimum absolute atomic E-state index is 0. The number of rotatable bonds is 1. The van der Waals surface area contributed by atoms with Crippen LogP contribution in [-0.2, 0) is 27.2 Å². The molecule has 1 aromatic carbocycles. The summed E-state index contributed by atoms with van der Waals surface area (Å²) < 4.78 is 29.7. The molecule has 0 saturated carbocycles. The van der Waals surface area contributed by atoms with Gasteiger partial charge in [-0.2, -0.15) is 8.42 Å². The second kappa shape index (κ2) is 4.05. The zero-order valence-corrected chi connectivity index (χ0v) is 8.36. The number of aryl methyl sites for hydroxylation is 1. The van der Waals surface area contributed by atoms with E-state index in [4.69, 9.17) is 4.55 Å². The average molecular weight is 227 g/mol. The van der Waals surface area contributed by atoms with Crippen molar-refractivity contribution < 1.29 is 30.0 Å². The first-order valence-corrected chi connectivity index (χ1v) is 4.48. The van der Waals surface area contributed by atoms with Crippen LogP contribution in [0.5, 0.6) is 0 Å². The van der Waals surface area contributed by atoms with E-state index in [0.29, 0.717) is 0 Å². The van der Waals surface area contributed by atoms with E-state index >= 15 is 0 Å². The van der Waals surface area contributed by atoms with Crippen molar-refractivity contribution in [3.63, 3.8) is 0 Å². The number of hydrogen-bond donors (Lipinski definition) is 1. The molecule has 0 atom stereocenters.